The smallest absolute Gasteiger partial charge is 0.276 e. The summed E-state index contributed by atoms with van der Waals surface area (Å²) in [7, 11) is 0. The third-order valence-electron chi connectivity index (χ3n) is 3.42. The summed E-state index contributed by atoms with van der Waals surface area (Å²) in [6.45, 7) is 3.69. The number of aromatic nitrogens is 1. The van der Waals surface area contributed by atoms with Gasteiger partial charge < -0.3 is 14.2 Å². The second-order valence-corrected chi connectivity index (χ2v) is 4.86. The van der Waals surface area contributed by atoms with Crippen LogP contribution in [0.15, 0.2) is 40.9 Å². The van der Waals surface area contributed by atoms with Gasteiger partial charge in [-0.2, -0.15) is 0 Å². The molecule has 5 nitrogen and oxygen atoms in total. The first-order valence-corrected chi connectivity index (χ1v) is 6.66. The van der Waals surface area contributed by atoms with Gasteiger partial charge in [-0.05, 0) is 6.92 Å². The first kappa shape index (κ1) is 12.9. The monoisotopic (exact) mass is 272 g/mol. The molecule has 3 rings (SSSR count). The summed E-state index contributed by atoms with van der Waals surface area (Å²) in [5, 5.41) is 3.90. The number of rotatable bonds is 2. The SMILES string of the molecule is C[C@@H]1COCCN1C(=O)c1cc(-c2ccccc2)on1. The van der Waals surface area contributed by atoms with Crippen LogP contribution in [0, 0.1) is 0 Å². The van der Waals surface area contributed by atoms with Crippen molar-refractivity contribution in [1.29, 1.82) is 0 Å². The largest absolute Gasteiger partial charge is 0.377 e. The Morgan fingerprint density at radius 3 is 2.90 bits per heavy atom. The number of nitrogens with zero attached hydrogens (tertiary/aromatic N) is 2. The van der Waals surface area contributed by atoms with Gasteiger partial charge in [0.05, 0.1) is 19.3 Å². The van der Waals surface area contributed by atoms with E-state index in [1.54, 1.807) is 11.0 Å². The zero-order valence-electron chi connectivity index (χ0n) is 11.3. The molecule has 1 aromatic heterocycles. The Morgan fingerprint density at radius 1 is 1.35 bits per heavy atom. The van der Waals surface area contributed by atoms with E-state index in [4.69, 9.17) is 9.26 Å². The van der Waals surface area contributed by atoms with Gasteiger partial charge in [0.2, 0.25) is 0 Å². The van der Waals surface area contributed by atoms with Crippen LogP contribution in [-0.2, 0) is 4.74 Å². The highest BCUT2D eigenvalue weighted by Crippen LogP contribution is 2.21. The van der Waals surface area contributed by atoms with Crippen LogP contribution < -0.4 is 0 Å². The van der Waals surface area contributed by atoms with Crippen molar-refractivity contribution in [3.05, 3.63) is 42.1 Å². The fraction of sp³-hybridized carbons (Fsp3) is 0.333. The number of carbonyl (C=O) groups excluding carboxylic acids is 1. The molecule has 0 N–H and O–H groups in total. The third kappa shape index (κ3) is 2.44. The van der Waals surface area contributed by atoms with E-state index in [0.717, 1.165) is 5.56 Å². The lowest BCUT2D eigenvalue weighted by molar-refractivity contribution is 0.00307. The van der Waals surface area contributed by atoms with E-state index in [0.29, 0.717) is 31.2 Å². The Labute approximate surface area is 117 Å². The maximum atomic E-state index is 12.4. The van der Waals surface area contributed by atoms with Crippen LogP contribution in [0.1, 0.15) is 17.4 Å². The predicted molar refractivity (Wildman–Crippen MR) is 73.3 cm³/mol. The zero-order valence-corrected chi connectivity index (χ0v) is 11.3. The van der Waals surface area contributed by atoms with Crippen molar-refractivity contribution < 1.29 is 14.1 Å². The van der Waals surface area contributed by atoms with E-state index >= 15 is 0 Å². The molecule has 5 heteroatoms. The van der Waals surface area contributed by atoms with Gasteiger partial charge in [-0.1, -0.05) is 35.5 Å². The number of hydrogen-bond donors (Lipinski definition) is 0. The molecule has 0 saturated carbocycles. The maximum absolute atomic E-state index is 12.4. The maximum Gasteiger partial charge on any atom is 0.276 e. The van der Waals surface area contributed by atoms with Gasteiger partial charge in [0.15, 0.2) is 11.5 Å². The lowest BCUT2D eigenvalue weighted by Crippen LogP contribution is -2.47. The topological polar surface area (TPSA) is 55.6 Å². The number of benzene rings is 1. The summed E-state index contributed by atoms with van der Waals surface area (Å²) in [4.78, 5) is 14.2. The van der Waals surface area contributed by atoms with Gasteiger partial charge in [0.25, 0.3) is 5.91 Å². The Balaban J connectivity index is 1.81. The number of hydrogen-bond acceptors (Lipinski definition) is 4. The minimum Gasteiger partial charge on any atom is -0.377 e. The van der Waals surface area contributed by atoms with Crippen LogP contribution in [0.5, 0.6) is 0 Å². The predicted octanol–water partition coefficient (Wildman–Crippen LogP) is 2.20. The summed E-state index contributed by atoms with van der Waals surface area (Å²) in [5.41, 5.74) is 1.26. The summed E-state index contributed by atoms with van der Waals surface area (Å²) in [6.07, 6.45) is 0. The van der Waals surface area contributed by atoms with Gasteiger partial charge in [-0.25, -0.2) is 0 Å². The van der Waals surface area contributed by atoms with Gasteiger partial charge in [0, 0.05) is 18.2 Å². The average molecular weight is 272 g/mol. The molecule has 0 bridgehead atoms. The molecule has 1 amide bonds. The van der Waals surface area contributed by atoms with Crippen molar-refractivity contribution in [3.8, 4) is 11.3 Å². The van der Waals surface area contributed by atoms with Crippen LogP contribution in [0.25, 0.3) is 11.3 Å². The molecule has 1 aromatic carbocycles. The van der Waals surface area contributed by atoms with E-state index in [9.17, 15) is 4.79 Å². The molecule has 1 fully saturated rings. The molecule has 0 spiro atoms. The molecule has 0 radical (unpaired) electrons. The molecular formula is C15H16N2O3. The molecular weight excluding hydrogens is 256 g/mol. The normalized spacial score (nSPS) is 19.1. The molecule has 1 saturated heterocycles. The fourth-order valence-corrected chi connectivity index (χ4v) is 2.29. The highest BCUT2D eigenvalue weighted by molar-refractivity contribution is 5.93. The molecule has 1 aliphatic heterocycles. The Kier molecular flexibility index (Phi) is 3.52. The summed E-state index contributed by atoms with van der Waals surface area (Å²) >= 11 is 0. The highest BCUT2D eigenvalue weighted by Gasteiger charge is 2.27. The molecule has 0 unspecified atom stereocenters. The second-order valence-electron chi connectivity index (χ2n) is 4.86. The zero-order chi connectivity index (χ0) is 13.9. The average Bonchev–Trinajstić information content (AvgIpc) is 2.98. The van der Waals surface area contributed by atoms with Crippen LogP contribution in [0.2, 0.25) is 0 Å². The molecule has 1 atom stereocenters. The molecule has 2 heterocycles. The van der Waals surface area contributed by atoms with Gasteiger partial charge in [-0.15, -0.1) is 0 Å². The first-order chi connectivity index (χ1) is 9.75. The first-order valence-electron chi connectivity index (χ1n) is 6.66. The van der Waals surface area contributed by atoms with E-state index < -0.39 is 0 Å². The van der Waals surface area contributed by atoms with Crippen molar-refractivity contribution in [2.24, 2.45) is 0 Å². The minimum atomic E-state index is -0.105. The molecule has 104 valence electrons. The van der Waals surface area contributed by atoms with Gasteiger partial charge >= 0.3 is 0 Å². The molecule has 20 heavy (non-hydrogen) atoms. The van der Waals surface area contributed by atoms with Crippen molar-refractivity contribution >= 4 is 5.91 Å². The van der Waals surface area contributed by atoms with Crippen LogP contribution in [0.4, 0.5) is 0 Å². The summed E-state index contributed by atoms with van der Waals surface area (Å²) in [6, 6.07) is 11.4. The van der Waals surface area contributed by atoms with Crippen LogP contribution >= 0.6 is 0 Å². The van der Waals surface area contributed by atoms with Gasteiger partial charge in [0.1, 0.15) is 0 Å². The number of ether oxygens (including phenoxy) is 1. The van der Waals surface area contributed by atoms with Crippen LogP contribution in [0.3, 0.4) is 0 Å². The van der Waals surface area contributed by atoms with Crippen molar-refractivity contribution in [1.82, 2.24) is 10.1 Å². The third-order valence-corrected chi connectivity index (χ3v) is 3.42. The van der Waals surface area contributed by atoms with Crippen molar-refractivity contribution in [2.45, 2.75) is 13.0 Å². The fourth-order valence-electron chi connectivity index (χ4n) is 2.29. The molecule has 1 aliphatic rings. The number of amides is 1. The van der Waals surface area contributed by atoms with E-state index in [-0.39, 0.29) is 11.9 Å². The van der Waals surface area contributed by atoms with E-state index in [1.165, 1.54) is 0 Å². The lowest BCUT2D eigenvalue weighted by Gasteiger charge is -2.32. The quantitative estimate of drug-likeness (QED) is 0.841. The van der Waals surface area contributed by atoms with Crippen molar-refractivity contribution in [3.63, 3.8) is 0 Å². The Morgan fingerprint density at radius 2 is 2.15 bits per heavy atom. The number of morpholine rings is 1. The van der Waals surface area contributed by atoms with E-state index in [2.05, 4.69) is 5.16 Å². The highest BCUT2D eigenvalue weighted by atomic mass is 16.5. The minimum absolute atomic E-state index is 0.0631. The standard InChI is InChI=1S/C15H16N2O3/c1-11-10-19-8-7-17(11)15(18)13-9-14(20-16-13)12-5-3-2-4-6-12/h2-6,9,11H,7-8,10H2,1H3/t11-/m1/s1. The van der Waals surface area contributed by atoms with Crippen LogP contribution in [-0.4, -0.2) is 41.8 Å². The molecule has 0 aliphatic carbocycles. The Bertz CT molecular complexity index is 594. The van der Waals surface area contributed by atoms with Crippen molar-refractivity contribution in [2.75, 3.05) is 19.8 Å². The molecule has 2 aromatic rings. The number of carbonyl (C=O) groups is 1. The van der Waals surface area contributed by atoms with Gasteiger partial charge in [-0.3, -0.25) is 4.79 Å². The van der Waals surface area contributed by atoms with E-state index in [1.807, 2.05) is 37.3 Å². The Hall–Kier alpha value is -2.14. The second kappa shape index (κ2) is 5.46. The lowest BCUT2D eigenvalue weighted by atomic mass is 10.1. The summed E-state index contributed by atoms with van der Waals surface area (Å²) < 4.78 is 10.6. The summed E-state index contributed by atoms with van der Waals surface area (Å²) in [5.74, 6) is 0.501.